The van der Waals surface area contributed by atoms with Crippen LogP contribution in [0.1, 0.15) is 6.92 Å². The fraction of sp³-hybridized carbons (Fsp3) is 0.375. The van der Waals surface area contributed by atoms with Crippen molar-refractivity contribution in [2.75, 3.05) is 6.61 Å². The Morgan fingerprint density at radius 3 is 2.67 bits per heavy atom. The van der Waals surface area contributed by atoms with Crippen LogP contribution in [0.5, 0.6) is 0 Å². The molecule has 0 aliphatic heterocycles. The summed E-state index contributed by atoms with van der Waals surface area (Å²) in [7, 11) is 5.18. The molecule has 12 heavy (non-hydrogen) atoms. The van der Waals surface area contributed by atoms with E-state index < -0.39 is 6.10 Å². The van der Waals surface area contributed by atoms with Crippen LogP contribution in [-0.2, 0) is 18.6 Å². The Hall–Kier alpha value is -0.0406. The van der Waals surface area contributed by atoms with Crippen molar-refractivity contribution in [3.05, 3.63) is 30.1 Å². The molecule has 0 aliphatic rings. The summed E-state index contributed by atoms with van der Waals surface area (Å²) >= 11 is 0. The second kappa shape index (κ2) is 9.05. The molecule has 0 rings (SSSR count). The Labute approximate surface area is 86.7 Å². The number of hydrogen-bond donors (Lipinski definition) is 2. The van der Waals surface area contributed by atoms with Crippen LogP contribution >= 0.6 is 0 Å². The summed E-state index contributed by atoms with van der Waals surface area (Å²) in [6.45, 7) is 1.60. The summed E-state index contributed by atoms with van der Waals surface area (Å²) < 4.78 is 0. The fourth-order valence-corrected chi connectivity index (χ4v) is 0.626. The molecule has 3 radical (unpaired) electrons. The van der Waals surface area contributed by atoms with Gasteiger partial charge >= 0.3 is 18.6 Å². The SMILES string of the molecule is [B][CH-]C(=C=CC)C(O)[CH-]CO.[V+2]. The molecule has 2 nitrogen and oxygen atoms in total. The minimum atomic E-state index is -0.832. The van der Waals surface area contributed by atoms with E-state index in [1.54, 1.807) is 13.0 Å². The van der Waals surface area contributed by atoms with E-state index in [0.717, 1.165) is 0 Å². The molecule has 0 saturated carbocycles. The maximum absolute atomic E-state index is 9.19. The third-order valence-corrected chi connectivity index (χ3v) is 1.14. The van der Waals surface area contributed by atoms with E-state index in [1.807, 2.05) is 0 Å². The van der Waals surface area contributed by atoms with Crippen LogP contribution < -0.4 is 0 Å². The van der Waals surface area contributed by atoms with Gasteiger partial charge in [-0.3, -0.25) is 12.7 Å². The Balaban J connectivity index is 0. The maximum Gasteiger partial charge on any atom is 2.00 e. The van der Waals surface area contributed by atoms with E-state index in [9.17, 15) is 5.11 Å². The van der Waals surface area contributed by atoms with Gasteiger partial charge in [0.1, 0.15) is 0 Å². The van der Waals surface area contributed by atoms with Crippen LogP contribution in [0.25, 0.3) is 0 Å². The Bertz CT molecular complexity index is 164. The van der Waals surface area contributed by atoms with Gasteiger partial charge in [-0.1, -0.05) is 19.6 Å². The molecular formula is C8H11BO2V. The number of aliphatic hydroxyl groups is 2. The summed E-state index contributed by atoms with van der Waals surface area (Å²) in [5.41, 5.74) is 3.20. The van der Waals surface area contributed by atoms with Gasteiger partial charge in [0.2, 0.25) is 0 Å². The molecule has 0 heterocycles. The third kappa shape index (κ3) is 5.59. The second-order valence-electron chi connectivity index (χ2n) is 1.92. The first kappa shape index (κ1) is 14.5. The average molecular weight is 201 g/mol. The summed E-state index contributed by atoms with van der Waals surface area (Å²) in [5, 5.41) is 17.6. The van der Waals surface area contributed by atoms with Crippen LogP contribution in [0.15, 0.2) is 17.4 Å². The van der Waals surface area contributed by atoms with Crippen LogP contribution in [0.2, 0.25) is 0 Å². The Morgan fingerprint density at radius 1 is 1.75 bits per heavy atom. The normalized spacial score (nSPS) is 10.6. The molecule has 0 amide bonds. The van der Waals surface area contributed by atoms with Crippen molar-refractivity contribution < 1.29 is 28.8 Å². The van der Waals surface area contributed by atoms with Crippen molar-refractivity contribution in [2.24, 2.45) is 0 Å². The molecule has 0 aromatic heterocycles. The van der Waals surface area contributed by atoms with E-state index in [1.165, 1.54) is 12.7 Å². The zero-order chi connectivity index (χ0) is 8.69. The van der Waals surface area contributed by atoms with Crippen molar-refractivity contribution in [1.82, 2.24) is 0 Å². The molecule has 0 spiro atoms. The molecule has 0 bridgehead atoms. The first-order chi connectivity index (χ1) is 5.26. The van der Waals surface area contributed by atoms with Crippen molar-refractivity contribution in [3.63, 3.8) is 0 Å². The van der Waals surface area contributed by atoms with Crippen LogP contribution in [0, 0.1) is 12.7 Å². The predicted octanol–water partition coefficient (Wildman–Crippen LogP) is -0.0269. The number of aliphatic hydroxyl groups excluding tert-OH is 2. The summed E-state index contributed by atoms with van der Waals surface area (Å²) in [6, 6.07) is 0. The van der Waals surface area contributed by atoms with Gasteiger partial charge in [0.25, 0.3) is 0 Å². The van der Waals surface area contributed by atoms with Gasteiger partial charge in [-0.25, -0.2) is 0 Å². The Morgan fingerprint density at radius 2 is 2.33 bits per heavy atom. The van der Waals surface area contributed by atoms with E-state index in [2.05, 4.69) is 5.73 Å². The molecule has 0 saturated heterocycles. The molecule has 0 fully saturated rings. The molecule has 0 aromatic carbocycles. The molecule has 1 atom stereocenters. The smallest absolute Gasteiger partial charge is 0.428 e. The van der Waals surface area contributed by atoms with Gasteiger partial charge in [-0.05, 0) is 7.85 Å². The molecular weight excluding hydrogens is 190 g/mol. The van der Waals surface area contributed by atoms with Crippen molar-refractivity contribution in [1.29, 1.82) is 0 Å². The minimum Gasteiger partial charge on any atom is -0.428 e. The quantitative estimate of drug-likeness (QED) is 0.381. The molecule has 0 aliphatic carbocycles. The molecule has 2 N–H and O–H groups in total. The van der Waals surface area contributed by atoms with Crippen LogP contribution in [0.4, 0.5) is 0 Å². The van der Waals surface area contributed by atoms with Crippen LogP contribution in [0.3, 0.4) is 0 Å². The van der Waals surface area contributed by atoms with Crippen molar-refractivity contribution in [3.8, 4) is 0 Å². The number of hydrogen-bond acceptors (Lipinski definition) is 2. The van der Waals surface area contributed by atoms with E-state index in [-0.39, 0.29) is 25.2 Å². The first-order valence-corrected chi connectivity index (χ1v) is 3.34. The first-order valence-electron chi connectivity index (χ1n) is 3.34. The van der Waals surface area contributed by atoms with Gasteiger partial charge < -0.3 is 15.9 Å². The van der Waals surface area contributed by atoms with Gasteiger partial charge in [-0.15, -0.1) is 6.08 Å². The van der Waals surface area contributed by atoms with E-state index >= 15 is 0 Å². The molecule has 4 heteroatoms. The number of rotatable bonds is 4. The largest absolute Gasteiger partial charge is 2.00 e. The third-order valence-electron chi connectivity index (χ3n) is 1.14. The van der Waals surface area contributed by atoms with Gasteiger partial charge in [0.15, 0.2) is 0 Å². The average Bonchev–Trinajstić information content (AvgIpc) is 2.00. The standard InChI is InChI=1S/C8H11BO2.V/c1-2-3-7(6-9)8(11)4-5-10;/h2,4,6,8,10-11H,5H2,1H3;/q-2;+2. The van der Waals surface area contributed by atoms with Crippen molar-refractivity contribution >= 4 is 7.85 Å². The maximum atomic E-state index is 9.19. The monoisotopic (exact) mass is 201 g/mol. The topological polar surface area (TPSA) is 40.5 Å². The minimum absolute atomic E-state index is 0. The zero-order valence-electron chi connectivity index (χ0n) is 6.94. The summed E-state index contributed by atoms with van der Waals surface area (Å²) in [4.78, 5) is 0. The van der Waals surface area contributed by atoms with Gasteiger partial charge in [0.05, 0.1) is 0 Å². The zero-order valence-corrected chi connectivity index (χ0v) is 8.33. The predicted molar refractivity (Wildman–Crippen MR) is 44.7 cm³/mol. The molecule has 1 unspecified atom stereocenters. The Kier molecular flexibility index (Phi) is 10.9. The van der Waals surface area contributed by atoms with E-state index in [4.69, 9.17) is 13.0 Å². The summed E-state index contributed by atoms with van der Waals surface area (Å²) in [6.07, 6.45) is 3.40. The van der Waals surface area contributed by atoms with E-state index in [0.29, 0.717) is 5.57 Å². The fourth-order valence-electron chi connectivity index (χ4n) is 0.626. The van der Waals surface area contributed by atoms with Crippen molar-refractivity contribution in [2.45, 2.75) is 13.0 Å². The van der Waals surface area contributed by atoms with Crippen LogP contribution in [-0.4, -0.2) is 30.8 Å². The summed E-state index contributed by atoms with van der Waals surface area (Å²) in [5.74, 6) is 0. The van der Waals surface area contributed by atoms with Gasteiger partial charge in [0, 0.05) is 0 Å². The molecule has 0 aromatic rings. The van der Waals surface area contributed by atoms with Gasteiger partial charge in [-0.2, -0.15) is 5.57 Å². The second-order valence-corrected chi connectivity index (χ2v) is 1.92. The molecule has 63 valence electrons.